The van der Waals surface area contributed by atoms with E-state index in [1.54, 1.807) is 19.0 Å². The molecule has 0 fully saturated rings. The number of rotatable bonds is 1. The van der Waals surface area contributed by atoms with Crippen LogP contribution in [-0.4, -0.2) is 29.0 Å². The van der Waals surface area contributed by atoms with Crippen molar-refractivity contribution >= 4 is 51.5 Å². The van der Waals surface area contributed by atoms with Crippen LogP contribution in [0, 0.1) is 5.82 Å². The van der Waals surface area contributed by atoms with Gasteiger partial charge in [0, 0.05) is 14.1 Å². The van der Waals surface area contributed by atoms with Crippen LogP contribution >= 0.6 is 34.8 Å². The molecule has 0 aliphatic heterocycles. The smallest absolute Gasteiger partial charge is 0.224 e. The van der Waals surface area contributed by atoms with Crippen molar-refractivity contribution in [2.24, 2.45) is 0 Å². The highest BCUT2D eigenvalue weighted by Gasteiger charge is 2.19. The largest absolute Gasteiger partial charge is 0.362 e. The molecule has 4 nitrogen and oxygen atoms in total. The van der Waals surface area contributed by atoms with Gasteiger partial charge in [0.15, 0.2) is 11.0 Å². The van der Waals surface area contributed by atoms with Gasteiger partial charge in [-0.15, -0.1) is 0 Å². The van der Waals surface area contributed by atoms with Crippen LogP contribution in [0.4, 0.5) is 10.2 Å². The highest BCUT2D eigenvalue weighted by atomic mass is 35.5. The van der Waals surface area contributed by atoms with Crippen LogP contribution in [0.3, 0.4) is 0 Å². The lowest BCUT2D eigenvalue weighted by atomic mass is 10.3. The quantitative estimate of drug-likeness (QED) is 0.460. The van der Waals surface area contributed by atoms with Crippen LogP contribution in [-0.2, 0) is 0 Å². The predicted molar refractivity (Wildman–Crippen MR) is 66.6 cm³/mol. The van der Waals surface area contributed by atoms with E-state index in [9.17, 15) is 4.39 Å². The van der Waals surface area contributed by atoms with E-state index in [1.165, 1.54) is 0 Å². The number of anilines is 1. The number of hydrogen-bond acceptors (Lipinski definition) is 4. The van der Waals surface area contributed by atoms with E-state index in [0.717, 1.165) is 0 Å². The highest BCUT2D eigenvalue weighted by Crippen LogP contribution is 2.33. The monoisotopic (exact) mass is 294 g/mol. The van der Waals surface area contributed by atoms with Crippen LogP contribution in [0.25, 0.3) is 10.9 Å². The fourth-order valence-electron chi connectivity index (χ4n) is 1.38. The van der Waals surface area contributed by atoms with Crippen molar-refractivity contribution in [3.05, 3.63) is 21.4 Å². The van der Waals surface area contributed by atoms with Crippen LogP contribution in [0.5, 0.6) is 0 Å². The van der Waals surface area contributed by atoms with Crippen molar-refractivity contribution in [1.29, 1.82) is 0 Å². The van der Waals surface area contributed by atoms with Crippen molar-refractivity contribution < 1.29 is 4.39 Å². The molecule has 90 valence electrons. The lowest BCUT2D eigenvalue weighted by Gasteiger charge is -2.15. The molecule has 0 bridgehead atoms. The zero-order chi connectivity index (χ0) is 12.7. The molecule has 0 amide bonds. The highest BCUT2D eigenvalue weighted by molar-refractivity contribution is 6.37. The second-order valence-corrected chi connectivity index (χ2v) is 4.50. The molecule has 2 rings (SSSR count). The minimum absolute atomic E-state index is 0.0340. The Balaban J connectivity index is 2.99. The molecule has 0 aliphatic carbocycles. The molecule has 0 N–H and O–H groups in total. The fraction of sp³-hybridized carbons (Fsp3) is 0.222. The summed E-state index contributed by atoms with van der Waals surface area (Å²) in [6, 6.07) is 0. The Morgan fingerprint density at radius 2 is 1.65 bits per heavy atom. The first kappa shape index (κ1) is 12.5. The zero-order valence-electron chi connectivity index (χ0n) is 8.80. The lowest BCUT2D eigenvalue weighted by Crippen LogP contribution is -2.12. The molecule has 0 aromatic carbocycles. The molecule has 0 atom stereocenters. The van der Waals surface area contributed by atoms with Gasteiger partial charge in [-0.1, -0.05) is 23.2 Å². The molecule has 17 heavy (non-hydrogen) atoms. The third-order valence-electron chi connectivity index (χ3n) is 2.08. The molecular formula is C9H6Cl3FN4. The van der Waals surface area contributed by atoms with Crippen LogP contribution in [0.15, 0.2) is 0 Å². The summed E-state index contributed by atoms with van der Waals surface area (Å²) in [5.41, 5.74) is -0.0429. The summed E-state index contributed by atoms with van der Waals surface area (Å²) < 4.78 is 13.8. The SMILES string of the molecule is CN(C)c1nc(Cl)c(F)c2nc(Cl)nc(Cl)c12. The van der Waals surface area contributed by atoms with E-state index in [-0.39, 0.29) is 26.5 Å². The van der Waals surface area contributed by atoms with Gasteiger partial charge in [-0.2, -0.15) is 0 Å². The summed E-state index contributed by atoms with van der Waals surface area (Å²) in [4.78, 5) is 13.1. The number of nitrogens with zero attached hydrogens (tertiary/aromatic N) is 4. The standard InChI is InChI=1S/C9H6Cl3FN4/c1-17(2)8-3-5(4(13)7(11)15-8)14-9(12)16-6(3)10/h1-2H3. The summed E-state index contributed by atoms with van der Waals surface area (Å²) in [6.45, 7) is 0. The first-order valence-corrected chi connectivity index (χ1v) is 5.60. The Morgan fingerprint density at radius 1 is 1.00 bits per heavy atom. The summed E-state index contributed by atoms with van der Waals surface area (Å²) in [6.07, 6.45) is 0. The van der Waals surface area contributed by atoms with Gasteiger partial charge >= 0.3 is 0 Å². The molecule has 0 saturated carbocycles. The first-order valence-electron chi connectivity index (χ1n) is 4.47. The van der Waals surface area contributed by atoms with Gasteiger partial charge in [-0.3, -0.25) is 0 Å². The van der Waals surface area contributed by atoms with Crippen LogP contribution < -0.4 is 4.90 Å². The predicted octanol–water partition coefficient (Wildman–Crippen LogP) is 3.19. The van der Waals surface area contributed by atoms with Gasteiger partial charge in [-0.25, -0.2) is 19.3 Å². The average molecular weight is 296 g/mol. The third kappa shape index (κ3) is 2.10. The molecular weight excluding hydrogens is 289 g/mol. The minimum atomic E-state index is -0.765. The second-order valence-electron chi connectivity index (χ2n) is 3.44. The zero-order valence-corrected chi connectivity index (χ0v) is 11.1. The number of aromatic nitrogens is 3. The van der Waals surface area contributed by atoms with Crippen molar-refractivity contribution in [3.63, 3.8) is 0 Å². The third-order valence-corrected chi connectivity index (χ3v) is 2.77. The summed E-state index contributed by atoms with van der Waals surface area (Å²) >= 11 is 17.2. The van der Waals surface area contributed by atoms with Gasteiger partial charge in [-0.05, 0) is 11.6 Å². The summed E-state index contributed by atoms with van der Waals surface area (Å²) in [5.74, 6) is -0.383. The maximum Gasteiger partial charge on any atom is 0.224 e. The summed E-state index contributed by atoms with van der Waals surface area (Å²) in [5, 5.41) is -0.116. The van der Waals surface area contributed by atoms with E-state index in [4.69, 9.17) is 34.8 Å². The van der Waals surface area contributed by atoms with E-state index >= 15 is 0 Å². The normalized spacial score (nSPS) is 10.9. The minimum Gasteiger partial charge on any atom is -0.362 e. The van der Waals surface area contributed by atoms with Gasteiger partial charge in [0.25, 0.3) is 0 Å². The molecule has 0 unspecified atom stereocenters. The number of halogens is 4. The maximum atomic E-state index is 13.8. The van der Waals surface area contributed by atoms with E-state index in [0.29, 0.717) is 5.82 Å². The number of fused-ring (bicyclic) bond motifs is 1. The average Bonchev–Trinajstić information content (AvgIpc) is 2.23. The van der Waals surface area contributed by atoms with Crippen molar-refractivity contribution in [2.45, 2.75) is 0 Å². The summed E-state index contributed by atoms with van der Waals surface area (Å²) in [7, 11) is 3.45. The Bertz CT molecular complexity index is 603. The van der Waals surface area contributed by atoms with E-state index in [1.807, 2.05) is 0 Å². The number of pyridine rings is 1. The second kappa shape index (κ2) is 4.40. The van der Waals surface area contributed by atoms with Crippen LogP contribution in [0.2, 0.25) is 15.6 Å². The molecule has 0 saturated heterocycles. The molecule has 0 aliphatic rings. The van der Waals surface area contributed by atoms with Gasteiger partial charge in [0.05, 0.1) is 5.39 Å². The van der Waals surface area contributed by atoms with Crippen molar-refractivity contribution in [2.75, 3.05) is 19.0 Å². The van der Waals surface area contributed by atoms with E-state index < -0.39 is 5.82 Å². The Hall–Kier alpha value is -0.910. The van der Waals surface area contributed by atoms with Gasteiger partial charge in [0.1, 0.15) is 16.5 Å². The first-order chi connectivity index (χ1) is 7.91. The Labute approximate surface area is 111 Å². The van der Waals surface area contributed by atoms with Gasteiger partial charge in [0.2, 0.25) is 5.28 Å². The number of hydrogen-bond donors (Lipinski definition) is 0. The molecule has 0 radical (unpaired) electrons. The van der Waals surface area contributed by atoms with Gasteiger partial charge < -0.3 is 4.90 Å². The molecule has 2 aromatic rings. The molecule has 2 aromatic heterocycles. The van der Waals surface area contributed by atoms with Crippen LogP contribution in [0.1, 0.15) is 0 Å². The lowest BCUT2D eigenvalue weighted by molar-refractivity contribution is 0.631. The van der Waals surface area contributed by atoms with E-state index in [2.05, 4.69) is 15.0 Å². The Morgan fingerprint density at radius 3 is 2.24 bits per heavy atom. The van der Waals surface area contributed by atoms with Crippen molar-refractivity contribution in [3.8, 4) is 0 Å². The fourth-order valence-corrected chi connectivity index (χ4v) is 2.02. The topological polar surface area (TPSA) is 41.9 Å². The Kier molecular flexibility index (Phi) is 3.25. The molecule has 8 heteroatoms. The molecule has 0 spiro atoms. The maximum absolute atomic E-state index is 13.8. The van der Waals surface area contributed by atoms with Crippen molar-refractivity contribution in [1.82, 2.24) is 15.0 Å². The molecule has 2 heterocycles.